The summed E-state index contributed by atoms with van der Waals surface area (Å²) in [6.07, 6.45) is 0. The highest BCUT2D eigenvalue weighted by Gasteiger charge is 2.16. The summed E-state index contributed by atoms with van der Waals surface area (Å²) in [5.41, 5.74) is 1.15. The summed E-state index contributed by atoms with van der Waals surface area (Å²) < 4.78 is 28.7. The first-order valence-corrected chi connectivity index (χ1v) is 10.7. The van der Waals surface area contributed by atoms with E-state index in [0.717, 1.165) is 0 Å². The van der Waals surface area contributed by atoms with Gasteiger partial charge in [-0.05, 0) is 61.5 Å². The molecule has 0 saturated carbocycles. The van der Waals surface area contributed by atoms with Gasteiger partial charge in [0.2, 0.25) is 0 Å². The van der Waals surface area contributed by atoms with Crippen LogP contribution in [-0.2, 0) is 14.3 Å². The maximum absolute atomic E-state index is 13.0. The Morgan fingerprint density at radius 1 is 0.833 bits per heavy atom. The second-order valence-corrected chi connectivity index (χ2v) is 7.44. The number of esters is 1. The van der Waals surface area contributed by atoms with Crippen LogP contribution in [0.1, 0.15) is 27.6 Å². The fourth-order valence-corrected chi connectivity index (χ4v) is 3.09. The molecule has 2 N–H and O–H groups in total. The number of carbonyl (C=O) groups is 4. The predicted octanol–water partition coefficient (Wildman–Crippen LogP) is 3.85. The number of ether oxygens (including phenoxy) is 3. The van der Waals surface area contributed by atoms with Gasteiger partial charge >= 0.3 is 5.97 Å². The number of methoxy groups -OCH3 is 1. The molecule has 0 bridgehead atoms. The first-order chi connectivity index (χ1) is 17.3. The van der Waals surface area contributed by atoms with Gasteiger partial charge in [0.25, 0.3) is 11.8 Å². The smallest absolute Gasteiger partial charge is 0.338 e. The Morgan fingerprint density at radius 2 is 1.53 bits per heavy atom. The van der Waals surface area contributed by atoms with Crippen molar-refractivity contribution in [2.24, 2.45) is 0 Å². The maximum atomic E-state index is 13.0. The molecule has 2 amide bonds. The van der Waals surface area contributed by atoms with Gasteiger partial charge in [-0.2, -0.15) is 0 Å². The predicted molar refractivity (Wildman–Crippen MR) is 129 cm³/mol. The van der Waals surface area contributed by atoms with Crippen molar-refractivity contribution in [1.82, 2.24) is 0 Å². The number of hydrogen-bond acceptors (Lipinski definition) is 7. The SMILES string of the molecule is COc1cc(C(=O)OCC(=O)Nc2ccccc2C(C)=O)ccc1OCC(=O)Nc1ccc(F)cc1. The van der Waals surface area contributed by atoms with Crippen molar-refractivity contribution in [1.29, 1.82) is 0 Å². The normalized spacial score (nSPS) is 10.2. The second kappa shape index (κ2) is 12.1. The molecule has 0 aliphatic heterocycles. The molecule has 3 aromatic rings. The highest BCUT2D eigenvalue weighted by Crippen LogP contribution is 2.28. The van der Waals surface area contributed by atoms with E-state index in [-0.39, 0.29) is 29.5 Å². The van der Waals surface area contributed by atoms with E-state index in [9.17, 15) is 23.6 Å². The van der Waals surface area contributed by atoms with Crippen LogP contribution in [-0.4, -0.2) is 43.9 Å². The fraction of sp³-hybridized carbons (Fsp3) is 0.154. The Bertz CT molecular complexity index is 1280. The minimum absolute atomic E-state index is 0.0897. The Kier molecular flexibility index (Phi) is 8.71. The molecule has 0 aliphatic rings. The number of Topliss-reactive ketones (excluding diaryl/α,β-unsaturated/α-hetero) is 1. The Balaban J connectivity index is 1.54. The molecule has 9 nitrogen and oxygen atoms in total. The van der Waals surface area contributed by atoms with Crippen molar-refractivity contribution >= 4 is 34.9 Å². The first kappa shape index (κ1) is 25.9. The molecule has 0 spiro atoms. The van der Waals surface area contributed by atoms with E-state index in [1.807, 2.05) is 0 Å². The lowest BCUT2D eigenvalue weighted by molar-refractivity contribution is -0.119. The summed E-state index contributed by atoms with van der Waals surface area (Å²) in [5.74, 6) is -2.16. The van der Waals surface area contributed by atoms with Crippen molar-refractivity contribution in [3.63, 3.8) is 0 Å². The van der Waals surface area contributed by atoms with Crippen LogP contribution in [0.2, 0.25) is 0 Å². The minimum Gasteiger partial charge on any atom is -0.493 e. The zero-order chi connectivity index (χ0) is 26.1. The number of anilines is 2. The van der Waals surface area contributed by atoms with Crippen LogP contribution in [0.4, 0.5) is 15.8 Å². The lowest BCUT2D eigenvalue weighted by atomic mass is 10.1. The molecule has 0 aromatic heterocycles. The van der Waals surface area contributed by atoms with Crippen LogP contribution >= 0.6 is 0 Å². The lowest BCUT2D eigenvalue weighted by Crippen LogP contribution is -2.22. The summed E-state index contributed by atoms with van der Waals surface area (Å²) in [4.78, 5) is 48.4. The van der Waals surface area contributed by atoms with Gasteiger partial charge in [-0.25, -0.2) is 9.18 Å². The van der Waals surface area contributed by atoms with Crippen LogP contribution in [0.5, 0.6) is 11.5 Å². The quantitative estimate of drug-likeness (QED) is 0.324. The van der Waals surface area contributed by atoms with Crippen molar-refractivity contribution < 1.29 is 37.8 Å². The molecule has 0 radical (unpaired) electrons. The molecular weight excluding hydrogens is 471 g/mol. The molecule has 3 aromatic carbocycles. The Morgan fingerprint density at radius 3 is 2.22 bits per heavy atom. The Labute approximate surface area is 206 Å². The van der Waals surface area contributed by atoms with Gasteiger partial charge < -0.3 is 24.8 Å². The standard InChI is InChI=1S/C26H23FN2O7/c1-16(30)20-5-3-4-6-21(20)29-25(32)15-36-26(33)17-7-12-22(23(13-17)34-2)35-14-24(31)28-19-10-8-18(27)9-11-19/h3-13H,14-15H2,1-2H3,(H,28,31)(H,29,32). The van der Waals surface area contributed by atoms with Crippen molar-refractivity contribution in [2.45, 2.75) is 6.92 Å². The molecular formula is C26H23FN2O7. The maximum Gasteiger partial charge on any atom is 0.338 e. The third kappa shape index (κ3) is 7.13. The number of ketones is 1. The third-order valence-corrected chi connectivity index (χ3v) is 4.80. The number of rotatable bonds is 10. The van der Waals surface area contributed by atoms with Gasteiger partial charge in [-0.15, -0.1) is 0 Å². The van der Waals surface area contributed by atoms with E-state index in [0.29, 0.717) is 16.9 Å². The number of halogens is 1. The summed E-state index contributed by atoms with van der Waals surface area (Å²) in [7, 11) is 1.36. The third-order valence-electron chi connectivity index (χ3n) is 4.80. The van der Waals surface area contributed by atoms with Crippen molar-refractivity contribution in [2.75, 3.05) is 31.0 Å². The van der Waals surface area contributed by atoms with E-state index in [2.05, 4.69) is 10.6 Å². The van der Waals surface area contributed by atoms with Gasteiger partial charge in [0, 0.05) is 11.3 Å². The number of hydrogen-bond donors (Lipinski definition) is 2. The number of para-hydroxylation sites is 1. The van der Waals surface area contributed by atoms with E-state index >= 15 is 0 Å². The lowest BCUT2D eigenvalue weighted by Gasteiger charge is -2.12. The monoisotopic (exact) mass is 494 g/mol. The van der Waals surface area contributed by atoms with E-state index < -0.39 is 30.2 Å². The summed E-state index contributed by atoms with van der Waals surface area (Å²) in [6.45, 7) is 0.443. The summed E-state index contributed by atoms with van der Waals surface area (Å²) in [6, 6.07) is 15.9. The highest BCUT2D eigenvalue weighted by molar-refractivity contribution is 6.04. The number of amides is 2. The average Bonchev–Trinajstić information content (AvgIpc) is 2.87. The van der Waals surface area contributed by atoms with Crippen LogP contribution < -0.4 is 20.1 Å². The highest BCUT2D eigenvalue weighted by atomic mass is 19.1. The van der Waals surface area contributed by atoms with Crippen molar-refractivity contribution in [3.8, 4) is 11.5 Å². The van der Waals surface area contributed by atoms with Crippen LogP contribution in [0.15, 0.2) is 66.7 Å². The average molecular weight is 494 g/mol. The molecule has 0 fully saturated rings. The molecule has 0 unspecified atom stereocenters. The van der Waals surface area contributed by atoms with Gasteiger partial charge in [0.15, 0.2) is 30.5 Å². The molecule has 3 rings (SSSR count). The molecule has 0 atom stereocenters. The van der Waals surface area contributed by atoms with E-state index in [1.54, 1.807) is 24.3 Å². The molecule has 0 heterocycles. The van der Waals surface area contributed by atoms with E-state index in [1.165, 1.54) is 56.5 Å². The van der Waals surface area contributed by atoms with Gasteiger partial charge in [0.05, 0.1) is 18.4 Å². The largest absolute Gasteiger partial charge is 0.493 e. The Hall–Kier alpha value is -4.73. The van der Waals surface area contributed by atoms with Crippen molar-refractivity contribution in [3.05, 3.63) is 83.7 Å². The number of benzene rings is 3. The summed E-state index contributed by atoms with van der Waals surface area (Å²) >= 11 is 0. The number of carbonyl (C=O) groups excluding carboxylic acids is 4. The molecule has 36 heavy (non-hydrogen) atoms. The van der Waals surface area contributed by atoms with Crippen LogP contribution in [0, 0.1) is 5.82 Å². The van der Waals surface area contributed by atoms with Gasteiger partial charge in [0.1, 0.15) is 5.82 Å². The fourth-order valence-electron chi connectivity index (χ4n) is 3.09. The van der Waals surface area contributed by atoms with Gasteiger partial charge in [-0.3, -0.25) is 14.4 Å². The number of nitrogens with one attached hydrogen (secondary N) is 2. The van der Waals surface area contributed by atoms with E-state index in [4.69, 9.17) is 14.2 Å². The topological polar surface area (TPSA) is 120 Å². The van der Waals surface area contributed by atoms with Crippen LogP contribution in [0.3, 0.4) is 0 Å². The van der Waals surface area contributed by atoms with Crippen LogP contribution in [0.25, 0.3) is 0 Å². The second-order valence-electron chi connectivity index (χ2n) is 7.44. The minimum atomic E-state index is -0.788. The first-order valence-electron chi connectivity index (χ1n) is 10.7. The summed E-state index contributed by atoms with van der Waals surface area (Å²) in [5, 5.41) is 5.10. The zero-order valence-electron chi connectivity index (χ0n) is 19.5. The zero-order valence-corrected chi connectivity index (χ0v) is 19.5. The molecule has 186 valence electrons. The molecule has 0 aliphatic carbocycles. The molecule has 0 saturated heterocycles. The van der Waals surface area contributed by atoms with Gasteiger partial charge in [-0.1, -0.05) is 12.1 Å². The molecule has 10 heteroatoms.